The lowest BCUT2D eigenvalue weighted by molar-refractivity contribution is 0.108. The minimum atomic E-state index is -3.87. The summed E-state index contributed by atoms with van der Waals surface area (Å²) in [5.74, 6) is 0.608. The van der Waals surface area contributed by atoms with Crippen molar-refractivity contribution in [3.8, 4) is 0 Å². The van der Waals surface area contributed by atoms with Gasteiger partial charge in [0.1, 0.15) is 5.82 Å². The average Bonchev–Trinajstić information content (AvgIpc) is 2.85. The summed E-state index contributed by atoms with van der Waals surface area (Å²) in [6, 6.07) is -0.0695. The molecule has 1 aromatic heterocycles. The molecule has 6 nitrogen and oxygen atoms in total. The predicted molar refractivity (Wildman–Crippen MR) is 66.1 cm³/mol. The van der Waals surface area contributed by atoms with E-state index < -0.39 is 9.05 Å². The van der Waals surface area contributed by atoms with Crippen LogP contribution in [0.5, 0.6) is 0 Å². The Morgan fingerprint density at radius 2 is 2.22 bits per heavy atom. The maximum Gasteiger partial charge on any atom is 0.296 e. The molecule has 2 heterocycles. The van der Waals surface area contributed by atoms with E-state index in [-0.39, 0.29) is 17.3 Å². The van der Waals surface area contributed by atoms with E-state index in [0.717, 1.165) is 19.4 Å². The summed E-state index contributed by atoms with van der Waals surface area (Å²) in [7, 11) is 1.48. The van der Waals surface area contributed by atoms with Gasteiger partial charge in [-0.25, -0.2) is 8.42 Å². The van der Waals surface area contributed by atoms with Gasteiger partial charge >= 0.3 is 0 Å². The molecule has 0 spiro atoms. The summed E-state index contributed by atoms with van der Waals surface area (Å²) < 4.78 is 29.9. The first kappa shape index (κ1) is 13.8. The summed E-state index contributed by atoms with van der Waals surface area (Å²) in [5.41, 5.74) is 0. The van der Waals surface area contributed by atoms with Crippen LogP contribution in [0.3, 0.4) is 0 Å². The summed E-state index contributed by atoms with van der Waals surface area (Å²) in [6.45, 7) is 4.49. The van der Waals surface area contributed by atoms with E-state index in [4.69, 9.17) is 15.4 Å². The van der Waals surface area contributed by atoms with Gasteiger partial charge in [-0.05, 0) is 26.7 Å². The Morgan fingerprint density at radius 3 is 2.72 bits per heavy atom. The van der Waals surface area contributed by atoms with Crippen LogP contribution in [0.15, 0.2) is 5.16 Å². The Bertz CT molecular complexity index is 520. The molecule has 0 bridgehead atoms. The van der Waals surface area contributed by atoms with Gasteiger partial charge in [0, 0.05) is 29.8 Å². The highest BCUT2D eigenvalue weighted by Gasteiger charge is 2.26. The maximum absolute atomic E-state index is 11.4. The fourth-order valence-corrected chi connectivity index (χ4v) is 3.15. The quantitative estimate of drug-likeness (QED) is 0.787. The van der Waals surface area contributed by atoms with Crippen molar-refractivity contribution in [1.82, 2.24) is 14.8 Å². The zero-order valence-electron chi connectivity index (χ0n) is 10.3. The molecule has 1 aliphatic rings. The second kappa shape index (κ2) is 5.14. The largest absolute Gasteiger partial charge is 0.378 e. The van der Waals surface area contributed by atoms with Crippen molar-refractivity contribution in [2.24, 2.45) is 0 Å². The summed E-state index contributed by atoms with van der Waals surface area (Å²) in [5, 5.41) is 7.44. The van der Waals surface area contributed by atoms with E-state index in [0.29, 0.717) is 12.2 Å². The van der Waals surface area contributed by atoms with Crippen LogP contribution in [0.2, 0.25) is 0 Å². The van der Waals surface area contributed by atoms with Crippen molar-refractivity contribution in [2.75, 3.05) is 6.61 Å². The van der Waals surface area contributed by atoms with Gasteiger partial charge in [-0.3, -0.25) is 4.57 Å². The zero-order valence-corrected chi connectivity index (χ0v) is 11.9. The summed E-state index contributed by atoms with van der Waals surface area (Å²) in [6.07, 6.45) is 2.66. The molecule has 8 heteroatoms. The van der Waals surface area contributed by atoms with Gasteiger partial charge in [-0.1, -0.05) is 0 Å². The highest BCUT2D eigenvalue weighted by atomic mass is 35.7. The molecule has 102 valence electrons. The third kappa shape index (κ3) is 2.84. The molecule has 1 aromatic rings. The van der Waals surface area contributed by atoms with Gasteiger partial charge in [-0.2, -0.15) is 0 Å². The Hall–Kier alpha value is -0.660. The third-order valence-electron chi connectivity index (χ3n) is 2.90. The molecule has 0 aliphatic carbocycles. The van der Waals surface area contributed by atoms with E-state index in [1.165, 1.54) is 0 Å². The van der Waals surface area contributed by atoms with Crippen molar-refractivity contribution in [3.63, 3.8) is 0 Å². The highest BCUT2D eigenvalue weighted by molar-refractivity contribution is 8.13. The molecular formula is C10H16ClN3O3S. The molecule has 1 atom stereocenters. The predicted octanol–water partition coefficient (Wildman–Crippen LogP) is 1.51. The smallest absolute Gasteiger partial charge is 0.296 e. The van der Waals surface area contributed by atoms with Crippen LogP contribution in [0.1, 0.15) is 38.6 Å². The Balaban J connectivity index is 2.33. The Kier molecular flexibility index (Phi) is 3.93. The van der Waals surface area contributed by atoms with Crippen LogP contribution in [0.4, 0.5) is 0 Å². The van der Waals surface area contributed by atoms with E-state index in [1.807, 2.05) is 13.8 Å². The summed E-state index contributed by atoms with van der Waals surface area (Å²) in [4.78, 5) is 0. The molecule has 18 heavy (non-hydrogen) atoms. The number of aromatic nitrogens is 3. The fraction of sp³-hybridized carbons (Fsp3) is 0.800. The van der Waals surface area contributed by atoms with Crippen LogP contribution in [0, 0.1) is 0 Å². The van der Waals surface area contributed by atoms with E-state index in [1.54, 1.807) is 4.57 Å². The number of halogens is 1. The first-order chi connectivity index (χ1) is 8.39. The van der Waals surface area contributed by atoms with Crippen LogP contribution >= 0.6 is 10.7 Å². The number of nitrogens with zero attached hydrogens (tertiary/aromatic N) is 3. The van der Waals surface area contributed by atoms with E-state index in [9.17, 15) is 8.42 Å². The van der Waals surface area contributed by atoms with Crippen molar-refractivity contribution < 1.29 is 13.2 Å². The topological polar surface area (TPSA) is 74.1 Å². The second-order valence-electron chi connectivity index (χ2n) is 4.64. The van der Waals surface area contributed by atoms with Crippen LogP contribution < -0.4 is 0 Å². The SMILES string of the molecule is CC(C)n1c(CC2CCCO2)nnc1S(=O)(=O)Cl. The molecule has 1 unspecified atom stereocenters. The first-order valence-electron chi connectivity index (χ1n) is 5.89. The van der Waals surface area contributed by atoms with Crippen LogP contribution in [-0.4, -0.2) is 35.9 Å². The van der Waals surface area contributed by atoms with Gasteiger partial charge < -0.3 is 4.74 Å². The van der Waals surface area contributed by atoms with E-state index in [2.05, 4.69) is 10.2 Å². The molecule has 0 amide bonds. The lowest BCUT2D eigenvalue weighted by Crippen LogP contribution is -2.17. The van der Waals surface area contributed by atoms with Crippen molar-refractivity contribution >= 4 is 19.7 Å². The van der Waals surface area contributed by atoms with Gasteiger partial charge in [0.15, 0.2) is 0 Å². The fourth-order valence-electron chi connectivity index (χ4n) is 2.14. The molecule has 0 saturated carbocycles. The second-order valence-corrected chi connectivity index (χ2v) is 7.10. The minimum absolute atomic E-state index is 0.0695. The molecule has 0 aromatic carbocycles. The Labute approximate surface area is 111 Å². The molecule has 1 fully saturated rings. The normalized spacial score (nSPS) is 20.8. The van der Waals surface area contributed by atoms with Crippen molar-refractivity contribution in [1.29, 1.82) is 0 Å². The summed E-state index contributed by atoms with van der Waals surface area (Å²) >= 11 is 0. The van der Waals surface area contributed by atoms with Crippen molar-refractivity contribution in [2.45, 2.75) is 50.4 Å². The first-order valence-corrected chi connectivity index (χ1v) is 8.20. The Morgan fingerprint density at radius 1 is 1.50 bits per heavy atom. The van der Waals surface area contributed by atoms with Crippen LogP contribution in [0.25, 0.3) is 0 Å². The lowest BCUT2D eigenvalue weighted by atomic mass is 10.2. The number of hydrogen-bond donors (Lipinski definition) is 0. The number of hydrogen-bond acceptors (Lipinski definition) is 5. The molecule has 0 radical (unpaired) electrons. The average molecular weight is 294 g/mol. The molecular weight excluding hydrogens is 278 g/mol. The van der Waals surface area contributed by atoms with Gasteiger partial charge in [-0.15, -0.1) is 10.2 Å². The number of ether oxygens (including phenoxy) is 1. The third-order valence-corrected chi connectivity index (χ3v) is 4.03. The lowest BCUT2D eigenvalue weighted by Gasteiger charge is -2.14. The van der Waals surface area contributed by atoms with E-state index >= 15 is 0 Å². The molecule has 0 N–H and O–H groups in total. The van der Waals surface area contributed by atoms with Gasteiger partial charge in [0.05, 0.1) is 6.10 Å². The van der Waals surface area contributed by atoms with Crippen LogP contribution in [-0.2, 0) is 20.2 Å². The van der Waals surface area contributed by atoms with Gasteiger partial charge in [0.25, 0.3) is 14.2 Å². The minimum Gasteiger partial charge on any atom is -0.378 e. The van der Waals surface area contributed by atoms with Gasteiger partial charge in [0.2, 0.25) is 0 Å². The zero-order chi connectivity index (χ0) is 13.3. The molecule has 1 saturated heterocycles. The molecule has 1 aliphatic heterocycles. The maximum atomic E-state index is 11.4. The monoisotopic (exact) mass is 293 g/mol. The highest BCUT2D eigenvalue weighted by Crippen LogP contribution is 2.22. The molecule has 2 rings (SSSR count). The van der Waals surface area contributed by atoms with Crippen molar-refractivity contribution in [3.05, 3.63) is 5.82 Å². The number of rotatable bonds is 4. The standard InChI is InChI=1S/C10H16ClN3O3S/c1-7(2)14-9(6-8-4-3-5-17-8)12-13-10(14)18(11,15)16/h7-8H,3-6H2,1-2H3.